The first-order valence-electron chi connectivity index (χ1n) is 38.1. The van der Waals surface area contributed by atoms with Crippen LogP contribution in [0, 0.1) is 21.6 Å². The van der Waals surface area contributed by atoms with Gasteiger partial charge in [-0.25, -0.2) is 0 Å². The minimum Gasteiger partial charge on any atom is -0.481 e. The molecule has 0 radical (unpaired) electrons. The van der Waals surface area contributed by atoms with Gasteiger partial charge in [0.1, 0.15) is 90.6 Å². The van der Waals surface area contributed by atoms with Crippen molar-refractivity contribution in [2.24, 2.45) is 28.7 Å². The molecule has 0 rings (SSSR count). The Hall–Kier alpha value is -13.6. The highest BCUT2D eigenvalue weighted by molar-refractivity contribution is 6.01. The number of amides is 15. The third kappa shape index (κ3) is 46.2. The summed E-state index contributed by atoms with van der Waals surface area (Å²) in [5.41, 5.74) is 27.3. The van der Waals surface area contributed by atoms with Gasteiger partial charge in [-0.2, -0.15) is 0 Å². The van der Waals surface area contributed by atoms with Crippen LogP contribution in [0.2, 0.25) is 0 Å². The summed E-state index contributed by atoms with van der Waals surface area (Å²) in [6.07, 6.45) is -5.57. The van der Waals surface area contributed by atoms with E-state index >= 15 is 0 Å². The molecule has 680 valence electrons. The molecule has 0 aliphatic carbocycles. The van der Waals surface area contributed by atoms with Crippen molar-refractivity contribution in [2.75, 3.05) is 26.2 Å². The van der Waals surface area contributed by atoms with Crippen LogP contribution in [0.1, 0.15) is 158 Å². The number of rotatable bonds is 59. The number of hydrogen-bond donors (Lipinski definition) is 33. The van der Waals surface area contributed by atoms with Crippen LogP contribution in [0.25, 0.3) is 0 Å². The van der Waals surface area contributed by atoms with E-state index in [1.54, 1.807) is 0 Å². The number of guanidine groups is 4. The zero-order valence-corrected chi connectivity index (χ0v) is 68.2. The van der Waals surface area contributed by atoms with Crippen molar-refractivity contribution in [2.45, 2.75) is 255 Å². The van der Waals surface area contributed by atoms with Gasteiger partial charge in [-0.15, -0.1) is 0 Å². The van der Waals surface area contributed by atoms with E-state index in [-0.39, 0.29) is 77.1 Å². The Bertz CT molecular complexity index is 3700. The van der Waals surface area contributed by atoms with Crippen LogP contribution in [0.3, 0.4) is 0 Å². The van der Waals surface area contributed by atoms with Crippen molar-refractivity contribution in [1.29, 1.82) is 21.6 Å². The van der Waals surface area contributed by atoms with E-state index in [0.717, 1.165) is 48.5 Å². The first kappa shape index (κ1) is 107. The average molecular weight is 1730 g/mol. The van der Waals surface area contributed by atoms with Gasteiger partial charge in [0.15, 0.2) is 23.8 Å². The lowest BCUT2D eigenvalue weighted by Crippen LogP contribution is -2.60. The summed E-state index contributed by atoms with van der Waals surface area (Å²) in [4.78, 5) is 262. The maximum absolute atomic E-state index is 14.0. The van der Waals surface area contributed by atoms with E-state index in [0.29, 0.717) is 6.42 Å². The molecule has 0 bridgehead atoms. The third-order valence-corrected chi connectivity index (χ3v) is 17.3. The second-order valence-corrected chi connectivity index (χ2v) is 27.9. The number of carboxylic acids is 5. The number of hydrogen-bond acceptors (Lipinski definition) is 25. The molecule has 0 aliphatic rings. The molecule has 38 N–H and O–H groups in total. The predicted molar refractivity (Wildman–Crippen MR) is 424 cm³/mol. The van der Waals surface area contributed by atoms with E-state index in [4.69, 9.17) is 50.3 Å². The van der Waals surface area contributed by atoms with Crippen molar-refractivity contribution in [3.8, 4) is 0 Å². The third-order valence-electron chi connectivity index (χ3n) is 17.3. The van der Waals surface area contributed by atoms with Gasteiger partial charge in [-0.3, -0.25) is 118 Å². The highest BCUT2D eigenvalue weighted by Crippen LogP contribution is 2.10. The quantitative estimate of drug-likeness (QED) is 0.0153. The van der Waals surface area contributed by atoms with Gasteiger partial charge in [0.25, 0.3) is 0 Å². The maximum atomic E-state index is 14.0. The summed E-state index contributed by atoms with van der Waals surface area (Å²) in [5.74, 6) is -24.9. The molecule has 15 amide bonds. The van der Waals surface area contributed by atoms with Crippen molar-refractivity contribution in [3.05, 3.63) is 0 Å². The minimum atomic E-state index is -1.79. The number of carboxylic acid groups (broad SMARTS) is 5. The summed E-state index contributed by atoms with van der Waals surface area (Å²) >= 11 is 0. The van der Waals surface area contributed by atoms with Crippen LogP contribution in [0.5, 0.6) is 0 Å². The first-order valence-corrected chi connectivity index (χ1v) is 38.1. The van der Waals surface area contributed by atoms with Crippen molar-refractivity contribution in [3.63, 3.8) is 0 Å². The smallest absolute Gasteiger partial charge is 0.325 e. The van der Waals surface area contributed by atoms with Crippen LogP contribution in [0.4, 0.5) is 0 Å². The lowest BCUT2D eigenvalue weighted by atomic mass is 10.1. The van der Waals surface area contributed by atoms with Crippen LogP contribution < -0.4 is 130 Å². The normalized spacial score (nSPS) is 14.7. The van der Waals surface area contributed by atoms with Crippen molar-refractivity contribution < 1.29 is 121 Å². The minimum absolute atomic E-state index is 0.00431. The lowest BCUT2D eigenvalue weighted by Gasteiger charge is -2.26. The number of aliphatic carboxylic acids is 5. The molecule has 53 heteroatoms. The topological polar surface area (TPSA) is 897 Å². The van der Waals surface area contributed by atoms with E-state index in [1.165, 1.54) is 6.92 Å². The number of carbonyl (C=O) groups excluding carboxylic acids is 15. The zero-order valence-electron chi connectivity index (χ0n) is 68.2. The Morgan fingerprint density at radius 3 is 0.554 bits per heavy atom. The Kier molecular flexibility index (Phi) is 49.7. The Morgan fingerprint density at radius 1 is 0.231 bits per heavy atom. The van der Waals surface area contributed by atoms with Gasteiger partial charge in [-0.1, -0.05) is 0 Å². The summed E-state index contributed by atoms with van der Waals surface area (Å²) in [6.45, 7) is 9.19. The maximum Gasteiger partial charge on any atom is 0.325 e. The molecule has 121 heavy (non-hydrogen) atoms. The van der Waals surface area contributed by atoms with Gasteiger partial charge in [0, 0.05) is 51.9 Å². The van der Waals surface area contributed by atoms with Gasteiger partial charge >= 0.3 is 29.8 Å². The molecule has 0 unspecified atom stereocenters. The van der Waals surface area contributed by atoms with Gasteiger partial charge in [-0.05, 0) is 132 Å². The molecule has 0 aromatic rings. The molecule has 0 heterocycles. The largest absolute Gasteiger partial charge is 0.481 e. The standard InChI is InChI=1S/C68H118N28O25/c1-29(82-56(112)37(69)13-9-25-78-65(70)71)49(105)93-41(17-21-45(97)98)60(116)86-30(2)50(106)90-38(14-10-26-79-66(72)73)57(113)83-33(5)53(109)94-42(18-22-46(99)100)61(117)87-31(3)51(107)91-39(15-11-27-80-67(74)75)58(114)84-34(6)54(110)95-43(19-23-47(101)102)62(118)88-32(4)52(108)92-40(16-12-28-81-68(76)77)59(115)85-35(7)55(111)96-44(20-24-48(103)104)63(119)89-36(8)64(120)121/h29-44H,9-28,69H2,1-8H3,(H,82,112)(H,83,113)(H,84,114)(H,85,115)(H,86,116)(H,87,117)(H,88,118)(H,89,119)(H,90,106)(H,91,107)(H,92,108)(H,93,105)(H,94,109)(H,95,110)(H,96,111)(H,97,98)(H,99,100)(H,101,102)(H,103,104)(H,120,121)(H4,70,71,78)(H4,72,73,79)(H4,74,75,80)(H4,76,77,81)/t29-,30-,31-,32-,33-,34-,35-,36-,37-,38-,39-,40-,41-,42-,43-,44-/m0/s1. The highest BCUT2D eigenvalue weighted by atomic mass is 16.4. The number of nitrogens with one attached hydrogen (secondary N) is 23. The highest BCUT2D eigenvalue weighted by Gasteiger charge is 2.37. The van der Waals surface area contributed by atoms with Gasteiger partial charge in [0.05, 0.1) is 6.04 Å². The molecule has 0 aromatic carbocycles. The van der Waals surface area contributed by atoms with Crippen LogP contribution in [0.15, 0.2) is 0 Å². The summed E-state index contributed by atoms with van der Waals surface area (Å²) in [7, 11) is 0. The lowest BCUT2D eigenvalue weighted by molar-refractivity contribution is -0.142. The Balaban J connectivity index is 6.65. The molecular formula is C68H118N28O25. The monoisotopic (exact) mass is 1730 g/mol. The summed E-state index contributed by atoms with van der Waals surface area (Å²) in [5, 5.41) is 122. The van der Waals surface area contributed by atoms with Gasteiger partial charge in [0.2, 0.25) is 88.6 Å². The van der Waals surface area contributed by atoms with Crippen LogP contribution >= 0.6 is 0 Å². The molecule has 0 saturated heterocycles. The molecule has 0 aromatic heterocycles. The van der Waals surface area contributed by atoms with E-state index in [2.05, 4.69) is 101 Å². The number of nitrogens with two attached hydrogens (primary N) is 5. The second-order valence-electron chi connectivity index (χ2n) is 27.9. The zero-order chi connectivity index (χ0) is 92.7. The van der Waals surface area contributed by atoms with Crippen molar-refractivity contribution >= 4 is 142 Å². The first-order chi connectivity index (χ1) is 56.4. The van der Waals surface area contributed by atoms with E-state index < -0.39 is 284 Å². The van der Waals surface area contributed by atoms with Crippen LogP contribution in [-0.4, -0.2) is 291 Å². The molecule has 53 nitrogen and oxygen atoms in total. The Labute approximate surface area is 693 Å². The molecule has 0 spiro atoms. The predicted octanol–water partition coefficient (Wildman–Crippen LogP) is -11.7. The van der Waals surface area contributed by atoms with Crippen LogP contribution in [-0.2, 0) is 95.9 Å². The molecule has 16 atom stereocenters. The average Bonchev–Trinajstić information content (AvgIpc) is 1.00. The Morgan fingerprint density at radius 2 is 0.388 bits per heavy atom. The SMILES string of the molecule is C[C@H](NC(=O)[C@H](CCC(=O)O)NC(=O)[C@H](C)NC(=O)[C@H](CCCNC(=N)N)NC(=O)[C@H](C)NC(=O)[C@H](CCC(=O)O)NC(=O)[C@H](C)NC(=O)[C@H](CCCNC(=N)N)NC(=O)[C@H](C)NC(=O)[C@H](CCC(=O)O)NC(=O)[C@H](C)NC(=O)[C@H](CCCNC(=N)N)NC(=O)[C@H](C)NC(=O)[C@H](CCC(=O)O)NC(=O)[C@H](C)NC(=O)[C@@H](N)CCCNC(=N)N)C(=O)O. The summed E-state index contributed by atoms with van der Waals surface area (Å²) in [6, 6.07) is -25.0. The number of carbonyl (C=O) groups is 20. The summed E-state index contributed by atoms with van der Waals surface area (Å²) < 4.78 is 0. The molecule has 0 aliphatic heterocycles. The molecule has 0 fully saturated rings. The van der Waals surface area contributed by atoms with Gasteiger partial charge < -0.3 is 155 Å². The van der Waals surface area contributed by atoms with E-state index in [9.17, 15) is 121 Å². The fraction of sp³-hybridized carbons (Fsp3) is 0.647. The fourth-order valence-corrected chi connectivity index (χ4v) is 10.3. The molecule has 0 saturated carbocycles. The fourth-order valence-electron chi connectivity index (χ4n) is 10.3. The van der Waals surface area contributed by atoms with Crippen molar-refractivity contribution in [1.82, 2.24) is 101 Å². The molecular weight excluding hydrogens is 1610 g/mol. The second kappa shape index (κ2) is 55.9. The van der Waals surface area contributed by atoms with E-state index in [1.807, 2.05) is 0 Å².